The minimum atomic E-state index is -4.47. The highest BCUT2D eigenvalue weighted by Crippen LogP contribution is 2.44. The lowest BCUT2D eigenvalue weighted by atomic mass is 9.96. The van der Waals surface area contributed by atoms with Crippen molar-refractivity contribution < 1.29 is 13.2 Å². The number of alkyl halides is 3. The maximum atomic E-state index is 12.9. The molecular formula is C13H15F3N4. The lowest BCUT2D eigenvalue weighted by Gasteiger charge is -2.15. The van der Waals surface area contributed by atoms with E-state index in [1.165, 1.54) is 0 Å². The lowest BCUT2D eigenvalue weighted by Crippen LogP contribution is -2.10. The van der Waals surface area contributed by atoms with Crippen LogP contribution in [0.3, 0.4) is 0 Å². The van der Waals surface area contributed by atoms with Crippen molar-refractivity contribution in [3.05, 3.63) is 23.5 Å². The van der Waals surface area contributed by atoms with Crippen molar-refractivity contribution in [3.8, 4) is 0 Å². The minimum absolute atomic E-state index is 0.179. The number of nitrogens with two attached hydrogens (primary N) is 1. The molecule has 1 saturated carbocycles. The van der Waals surface area contributed by atoms with Gasteiger partial charge >= 0.3 is 6.18 Å². The van der Waals surface area contributed by atoms with Crippen molar-refractivity contribution in [3.63, 3.8) is 0 Å². The van der Waals surface area contributed by atoms with Gasteiger partial charge in [-0.2, -0.15) is 22.8 Å². The summed E-state index contributed by atoms with van der Waals surface area (Å²) in [5.74, 6) is 0.893. The van der Waals surface area contributed by atoms with Crippen LogP contribution in [-0.4, -0.2) is 14.6 Å². The Kier molecular flexibility index (Phi) is 2.88. The fourth-order valence-corrected chi connectivity index (χ4v) is 2.68. The number of anilines is 1. The molecule has 0 bridgehead atoms. The van der Waals surface area contributed by atoms with Gasteiger partial charge in [0.15, 0.2) is 5.65 Å². The van der Waals surface area contributed by atoms with Crippen molar-refractivity contribution in [1.82, 2.24) is 14.6 Å². The van der Waals surface area contributed by atoms with Crippen molar-refractivity contribution in [2.24, 2.45) is 5.92 Å². The Morgan fingerprint density at radius 2 is 2.15 bits per heavy atom. The van der Waals surface area contributed by atoms with Crippen LogP contribution in [0, 0.1) is 5.92 Å². The predicted octanol–water partition coefficient (Wildman–Crippen LogP) is 3.23. The summed E-state index contributed by atoms with van der Waals surface area (Å²) in [6.45, 7) is 2.02. The quantitative estimate of drug-likeness (QED) is 0.941. The van der Waals surface area contributed by atoms with Gasteiger partial charge < -0.3 is 5.73 Å². The number of nitrogen functional groups attached to an aromatic ring is 1. The third-order valence-electron chi connectivity index (χ3n) is 3.84. The molecule has 4 nitrogen and oxygen atoms in total. The molecule has 1 fully saturated rings. The topological polar surface area (TPSA) is 56.2 Å². The molecule has 2 N–H and O–H groups in total. The van der Waals surface area contributed by atoms with E-state index in [9.17, 15) is 13.2 Å². The van der Waals surface area contributed by atoms with Crippen LogP contribution in [0.2, 0.25) is 0 Å². The summed E-state index contributed by atoms with van der Waals surface area (Å²) >= 11 is 0. The molecule has 0 radical (unpaired) electrons. The SMILES string of the molecule is CCC(c1cc(N)n2ncc(C(F)(F)F)c2n1)C1CC1. The van der Waals surface area contributed by atoms with Gasteiger partial charge in [0.1, 0.15) is 11.4 Å². The van der Waals surface area contributed by atoms with Crippen LogP contribution in [0.4, 0.5) is 19.0 Å². The summed E-state index contributed by atoms with van der Waals surface area (Å²) < 4.78 is 39.9. The second kappa shape index (κ2) is 4.36. The zero-order chi connectivity index (χ0) is 14.5. The maximum absolute atomic E-state index is 12.9. The molecule has 1 unspecified atom stereocenters. The smallest absolute Gasteiger partial charge is 0.384 e. The van der Waals surface area contributed by atoms with Crippen LogP contribution < -0.4 is 5.73 Å². The van der Waals surface area contributed by atoms with Gasteiger partial charge in [0.2, 0.25) is 0 Å². The average Bonchev–Trinajstić information content (AvgIpc) is 3.06. The predicted molar refractivity (Wildman–Crippen MR) is 68.2 cm³/mol. The first kappa shape index (κ1) is 13.2. The van der Waals surface area contributed by atoms with Gasteiger partial charge in [0, 0.05) is 17.7 Å². The van der Waals surface area contributed by atoms with E-state index in [-0.39, 0.29) is 17.4 Å². The number of hydrogen-bond acceptors (Lipinski definition) is 3. The number of hydrogen-bond donors (Lipinski definition) is 1. The summed E-state index contributed by atoms with van der Waals surface area (Å²) in [7, 11) is 0. The van der Waals surface area contributed by atoms with Crippen LogP contribution in [-0.2, 0) is 6.18 Å². The molecule has 1 atom stereocenters. The molecule has 1 aliphatic carbocycles. The van der Waals surface area contributed by atoms with Crippen LogP contribution in [0.1, 0.15) is 43.4 Å². The first-order valence-corrected chi connectivity index (χ1v) is 6.63. The van der Waals surface area contributed by atoms with Crippen LogP contribution in [0.15, 0.2) is 12.3 Å². The molecule has 2 aromatic rings. The van der Waals surface area contributed by atoms with Gasteiger partial charge in [-0.15, -0.1) is 0 Å². The molecule has 0 aromatic carbocycles. The number of rotatable bonds is 3. The molecule has 0 amide bonds. The lowest BCUT2D eigenvalue weighted by molar-refractivity contribution is -0.136. The zero-order valence-electron chi connectivity index (χ0n) is 11.0. The molecule has 7 heteroatoms. The molecule has 108 valence electrons. The molecule has 0 saturated heterocycles. The van der Waals surface area contributed by atoms with E-state index in [2.05, 4.69) is 10.1 Å². The maximum Gasteiger partial charge on any atom is 0.421 e. The average molecular weight is 284 g/mol. The molecule has 20 heavy (non-hydrogen) atoms. The summed E-state index contributed by atoms with van der Waals surface area (Å²) in [5, 5.41) is 3.68. The van der Waals surface area contributed by atoms with Crippen LogP contribution in [0.25, 0.3) is 5.65 Å². The van der Waals surface area contributed by atoms with Crippen LogP contribution >= 0.6 is 0 Å². The first-order valence-electron chi connectivity index (χ1n) is 6.63. The normalized spacial score (nSPS) is 17.6. The Labute approximate surface area is 113 Å². The molecule has 2 heterocycles. The molecule has 3 rings (SSSR count). The van der Waals surface area contributed by atoms with Crippen molar-refractivity contribution in [1.29, 1.82) is 0 Å². The second-order valence-corrected chi connectivity index (χ2v) is 5.25. The van der Waals surface area contributed by atoms with Crippen molar-refractivity contribution in [2.75, 3.05) is 5.73 Å². The summed E-state index contributed by atoms with van der Waals surface area (Å²) in [4.78, 5) is 4.20. The zero-order valence-corrected chi connectivity index (χ0v) is 11.0. The Hall–Kier alpha value is -1.79. The van der Waals surface area contributed by atoms with E-state index in [0.29, 0.717) is 11.6 Å². The van der Waals surface area contributed by atoms with E-state index < -0.39 is 11.7 Å². The third kappa shape index (κ3) is 2.10. The van der Waals surface area contributed by atoms with Gasteiger partial charge in [-0.05, 0) is 25.2 Å². The number of aromatic nitrogens is 3. The molecule has 0 spiro atoms. The second-order valence-electron chi connectivity index (χ2n) is 5.25. The minimum Gasteiger partial charge on any atom is -0.384 e. The monoisotopic (exact) mass is 284 g/mol. The summed E-state index contributed by atoms with van der Waals surface area (Å²) in [6.07, 6.45) is -0.627. The van der Waals surface area contributed by atoms with Crippen LogP contribution in [0.5, 0.6) is 0 Å². The van der Waals surface area contributed by atoms with Crippen molar-refractivity contribution in [2.45, 2.75) is 38.3 Å². The molecule has 1 aliphatic rings. The Morgan fingerprint density at radius 1 is 1.45 bits per heavy atom. The number of fused-ring (bicyclic) bond motifs is 1. The molecular weight excluding hydrogens is 269 g/mol. The van der Waals surface area contributed by atoms with Gasteiger partial charge in [0.25, 0.3) is 0 Å². The van der Waals surface area contributed by atoms with E-state index in [1.807, 2.05) is 6.92 Å². The number of halogens is 3. The van der Waals surface area contributed by atoms with Gasteiger partial charge in [-0.3, -0.25) is 0 Å². The van der Waals surface area contributed by atoms with Gasteiger partial charge in [-0.25, -0.2) is 4.98 Å². The van der Waals surface area contributed by atoms with E-state index >= 15 is 0 Å². The highest BCUT2D eigenvalue weighted by Gasteiger charge is 2.37. The molecule has 0 aliphatic heterocycles. The Bertz CT molecular complexity index is 643. The van der Waals surface area contributed by atoms with E-state index in [4.69, 9.17) is 5.73 Å². The summed E-state index contributed by atoms with van der Waals surface area (Å²) in [6, 6.07) is 1.65. The number of nitrogens with zero attached hydrogens (tertiary/aromatic N) is 3. The van der Waals surface area contributed by atoms with E-state index in [0.717, 1.165) is 30.0 Å². The highest BCUT2D eigenvalue weighted by atomic mass is 19.4. The Balaban J connectivity index is 2.15. The third-order valence-corrected chi connectivity index (χ3v) is 3.84. The Morgan fingerprint density at radius 3 is 2.70 bits per heavy atom. The summed E-state index contributed by atoms with van der Waals surface area (Å²) in [5.41, 5.74) is 5.43. The first-order chi connectivity index (χ1) is 9.41. The fourth-order valence-electron chi connectivity index (χ4n) is 2.68. The largest absolute Gasteiger partial charge is 0.421 e. The van der Waals surface area contributed by atoms with Gasteiger partial charge in [0.05, 0.1) is 6.20 Å². The standard InChI is InChI=1S/C13H15F3N4/c1-2-8(7-3-4-7)10-5-11(17)20-12(19-10)9(6-18-20)13(14,15)16/h5-8H,2-4,17H2,1H3. The van der Waals surface area contributed by atoms with Crippen molar-refractivity contribution >= 4 is 11.5 Å². The van der Waals surface area contributed by atoms with Gasteiger partial charge in [-0.1, -0.05) is 6.92 Å². The molecule has 2 aromatic heterocycles. The fraction of sp³-hybridized carbons (Fsp3) is 0.538. The van der Waals surface area contributed by atoms with E-state index in [1.54, 1.807) is 6.07 Å². The highest BCUT2D eigenvalue weighted by molar-refractivity contribution is 5.54.